The molecular weight excluding hydrogens is 176 g/mol. The molecule has 5 heteroatoms. The number of aliphatic carboxylic acids is 2. The van der Waals surface area contributed by atoms with E-state index >= 15 is 0 Å². The lowest BCUT2D eigenvalue weighted by Crippen LogP contribution is -2.26. The molecule has 0 atom stereocenters. The highest BCUT2D eigenvalue weighted by Gasteiger charge is 2.35. The minimum atomic E-state index is -1.58. The van der Waals surface area contributed by atoms with E-state index in [4.69, 9.17) is 10.2 Å². The van der Waals surface area contributed by atoms with Gasteiger partial charge >= 0.3 is 11.9 Å². The van der Waals surface area contributed by atoms with Crippen molar-refractivity contribution < 1.29 is 24.6 Å². The van der Waals surface area contributed by atoms with E-state index in [1.54, 1.807) is 0 Å². The molecule has 0 radical (unpaired) electrons. The minimum Gasteiger partial charge on any atom is -0.481 e. The average molecular weight is 186 g/mol. The molecule has 1 saturated carbocycles. The van der Waals surface area contributed by atoms with E-state index in [0.717, 1.165) is 12.8 Å². The van der Waals surface area contributed by atoms with Crippen molar-refractivity contribution in [3.8, 4) is 0 Å². The van der Waals surface area contributed by atoms with E-state index in [0.29, 0.717) is 0 Å². The molecule has 0 heterocycles. The number of hydrogen-bond acceptors (Lipinski definition) is 3. The maximum Gasteiger partial charge on any atom is 0.318 e. The van der Waals surface area contributed by atoms with Gasteiger partial charge in [-0.15, -0.1) is 0 Å². The van der Waals surface area contributed by atoms with Crippen molar-refractivity contribution in [1.29, 1.82) is 0 Å². The second-order valence-corrected chi connectivity index (χ2v) is 3.17. The van der Waals surface area contributed by atoms with Crippen LogP contribution in [0.1, 0.15) is 19.3 Å². The number of hydrogen-bond donors (Lipinski definition) is 2. The number of carboxylic acid groups (broad SMARTS) is 2. The van der Waals surface area contributed by atoms with Crippen LogP contribution in [0.15, 0.2) is 0 Å². The molecule has 72 valence electrons. The Kier molecular flexibility index (Phi) is 2.65. The molecule has 0 unspecified atom stereocenters. The number of carbonyl (C=O) groups excluding carboxylic acids is 1. The van der Waals surface area contributed by atoms with Gasteiger partial charge in [0, 0.05) is 12.3 Å². The molecule has 13 heavy (non-hydrogen) atoms. The van der Waals surface area contributed by atoms with Crippen LogP contribution in [0.2, 0.25) is 0 Å². The van der Waals surface area contributed by atoms with Crippen LogP contribution in [0.5, 0.6) is 0 Å². The van der Waals surface area contributed by atoms with Crippen molar-refractivity contribution in [2.45, 2.75) is 19.3 Å². The molecule has 1 aliphatic carbocycles. The van der Waals surface area contributed by atoms with Crippen LogP contribution in [-0.2, 0) is 14.4 Å². The van der Waals surface area contributed by atoms with E-state index in [-0.39, 0.29) is 18.1 Å². The lowest BCUT2D eigenvalue weighted by molar-refractivity contribution is -0.156. The van der Waals surface area contributed by atoms with Gasteiger partial charge in [-0.05, 0) is 12.8 Å². The number of carbonyl (C=O) groups is 3. The summed E-state index contributed by atoms with van der Waals surface area (Å²) in [5.41, 5.74) is 0. The third-order valence-electron chi connectivity index (χ3n) is 2.03. The summed E-state index contributed by atoms with van der Waals surface area (Å²) in [7, 11) is 0. The van der Waals surface area contributed by atoms with Crippen molar-refractivity contribution in [3.05, 3.63) is 0 Å². The maximum absolute atomic E-state index is 11.1. The fourth-order valence-electron chi connectivity index (χ4n) is 1.05. The normalized spacial score (nSPS) is 15.8. The van der Waals surface area contributed by atoms with Gasteiger partial charge in [-0.1, -0.05) is 0 Å². The number of carboxylic acids is 2. The van der Waals surface area contributed by atoms with E-state index in [1.807, 2.05) is 0 Å². The summed E-state index contributed by atoms with van der Waals surface area (Å²) < 4.78 is 0. The quantitative estimate of drug-likeness (QED) is 0.596. The Morgan fingerprint density at radius 2 is 1.62 bits per heavy atom. The Morgan fingerprint density at radius 1 is 1.15 bits per heavy atom. The first-order chi connectivity index (χ1) is 6.02. The lowest BCUT2D eigenvalue weighted by atomic mass is 10.0. The zero-order chi connectivity index (χ0) is 10.0. The van der Waals surface area contributed by atoms with Gasteiger partial charge in [0.2, 0.25) is 0 Å². The van der Waals surface area contributed by atoms with Crippen molar-refractivity contribution in [3.63, 3.8) is 0 Å². The van der Waals surface area contributed by atoms with E-state index in [2.05, 4.69) is 0 Å². The summed E-state index contributed by atoms with van der Waals surface area (Å²) >= 11 is 0. The Balaban J connectivity index is 2.51. The number of ketones is 1. The van der Waals surface area contributed by atoms with Crippen LogP contribution in [0.4, 0.5) is 0 Å². The zero-order valence-electron chi connectivity index (χ0n) is 6.90. The first kappa shape index (κ1) is 9.70. The molecule has 1 aliphatic rings. The third-order valence-corrected chi connectivity index (χ3v) is 2.03. The standard InChI is InChI=1S/C8H10O5/c9-6(4-1-2-4)3-5(7(10)11)8(12)13/h4-5H,1-3H2,(H,10,11)(H,12,13). The molecule has 0 spiro atoms. The van der Waals surface area contributed by atoms with Crippen LogP contribution in [0, 0.1) is 11.8 Å². The van der Waals surface area contributed by atoms with Gasteiger partial charge in [0.05, 0.1) is 0 Å². The van der Waals surface area contributed by atoms with Crippen molar-refractivity contribution in [2.24, 2.45) is 11.8 Å². The largest absolute Gasteiger partial charge is 0.481 e. The molecule has 0 aromatic rings. The molecule has 1 fully saturated rings. The van der Waals surface area contributed by atoms with Crippen LogP contribution < -0.4 is 0 Å². The Labute approximate surface area is 74.4 Å². The molecule has 0 aromatic heterocycles. The highest BCUT2D eigenvalue weighted by Crippen LogP contribution is 2.31. The van der Waals surface area contributed by atoms with Gasteiger partial charge in [0.15, 0.2) is 5.92 Å². The van der Waals surface area contributed by atoms with Crippen molar-refractivity contribution in [1.82, 2.24) is 0 Å². The van der Waals surface area contributed by atoms with Crippen molar-refractivity contribution in [2.75, 3.05) is 0 Å². The van der Waals surface area contributed by atoms with E-state index in [9.17, 15) is 14.4 Å². The molecule has 5 nitrogen and oxygen atoms in total. The summed E-state index contributed by atoms with van der Waals surface area (Å²) in [4.78, 5) is 31.9. The molecule has 0 aromatic carbocycles. The van der Waals surface area contributed by atoms with Gasteiger partial charge < -0.3 is 10.2 Å². The fourth-order valence-corrected chi connectivity index (χ4v) is 1.05. The highest BCUT2D eigenvalue weighted by molar-refractivity contribution is 5.98. The number of Topliss-reactive ketones (excluding diaryl/α,β-unsaturated/α-hetero) is 1. The van der Waals surface area contributed by atoms with Gasteiger partial charge in [0.25, 0.3) is 0 Å². The van der Waals surface area contributed by atoms with Crippen LogP contribution in [0.3, 0.4) is 0 Å². The Hall–Kier alpha value is -1.39. The lowest BCUT2D eigenvalue weighted by Gasteiger charge is -2.04. The Bertz CT molecular complexity index is 239. The average Bonchev–Trinajstić information content (AvgIpc) is 2.80. The fraction of sp³-hybridized carbons (Fsp3) is 0.625. The summed E-state index contributed by atoms with van der Waals surface area (Å²) in [6, 6.07) is 0. The zero-order valence-corrected chi connectivity index (χ0v) is 6.90. The van der Waals surface area contributed by atoms with Gasteiger partial charge in [-0.3, -0.25) is 14.4 Å². The first-order valence-electron chi connectivity index (χ1n) is 4.00. The molecule has 0 saturated heterocycles. The summed E-state index contributed by atoms with van der Waals surface area (Å²) in [5, 5.41) is 16.9. The monoisotopic (exact) mass is 186 g/mol. The predicted molar refractivity (Wildman–Crippen MR) is 41.1 cm³/mol. The third kappa shape index (κ3) is 2.54. The first-order valence-corrected chi connectivity index (χ1v) is 4.00. The van der Waals surface area contributed by atoms with E-state index < -0.39 is 17.9 Å². The van der Waals surface area contributed by atoms with Crippen molar-refractivity contribution >= 4 is 17.7 Å². The Morgan fingerprint density at radius 3 is 1.92 bits per heavy atom. The molecule has 0 amide bonds. The SMILES string of the molecule is O=C(CC(C(=O)O)C(=O)O)C1CC1. The van der Waals surface area contributed by atoms with Gasteiger partial charge in [-0.2, -0.15) is 0 Å². The van der Waals surface area contributed by atoms with Crippen LogP contribution >= 0.6 is 0 Å². The smallest absolute Gasteiger partial charge is 0.318 e. The van der Waals surface area contributed by atoms with Crippen LogP contribution in [0.25, 0.3) is 0 Å². The molecule has 2 N–H and O–H groups in total. The van der Waals surface area contributed by atoms with Gasteiger partial charge in [-0.25, -0.2) is 0 Å². The van der Waals surface area contributed by atoms with Gasteiger partial charge in [0.1, 0.15) is 5.78 Å². The number of rotatable bonds is 5. The molecule has 0 bridgehead atoms. The highest BCUT2D eigenvalue weighted by atomic mass is 16.4. The minimum absolute atomic E-state index is 0.0822. The predicted octanol–water partition coefficient (Wildman–Crippen LogP) is 0.141. The molecule has 1 rings (SSSR count). The maximum atomic E-state index is 11.1. The van der Waals surface area contributed by atoms with Crippen LogP contribution in [-0.4, -0.2) is 27.9 Å². The summed E-state index contributed by atoms with van der Waals surface area (Å²) in [5.74, 6) is -4.79. The molecule has 0 aliphatic heterocycles. The topological polar surface area (TPSA) is 91.7 Å². The summed E-state index contributed by atoms with van der Waals surface area (Å²) in [6.07, 6.45) is 1.16. The summed E-state index contributed by atoms with van der Waals surface area (Å²) in [6.45, 7) is 0. The second kappa shape index (κ2) is 3.55. The second-order valence-electron chi connectivity index (χ2n) is 3.17. The van der Waals surface area contributed by atoms with E-state index in [1.165, 1.54) is 0 Å². The molecular formula is C8H10O5.